The van der Waals surface area contributed by atoms with Crippen LogP contribution in [0.2, 0.25) is 0 Å². The van der Waals surface area contributed by atoms with Crippen molar-refractivity contribution in [2.75, 3.05) is 27.4 Å². The van der Waals surface area contributed by atoms with Crippen molar-refractivity contribution < 1.29 is 28.8 Å². The van der Waals surface area contributed by atoms with Gasteiger partial charge in [-0.05, 0) is 55.8 Å². The minimum absolute atomic E-state index is 0.0401. The second-order valence-electron chi connectivity index (χ2n) is 6.94. The molecule has 2 aromatic carbocycles. The topological polar surface area (TPSA) is 74.2 Å². The van der Waals surface area contributed by atoms with E-state index in [1.807, 2.05) is 43.3 Å². The minimum atomic E-state index is -0.815. The van der Waals surface area contributed by atoms with Crippen LogP contribution in [0.3, 0.4) is 0 Å². The molecular formula is C24H29BrO6. The summed E-state index contributed by atoms with van der Waals surface area (Å²) in [6.07, 6.45) is 3.95. The number of carboxylic acid groups (broad SMARTS) is 1. The van der Waals surface area contributed by atoms with Crippen molar-refractivity contribution in [3.8, 4) is 11.5 Å². The van der Waals surface area contributed by atoms with Gasteiger partial charge in [-0.3, -0.25) is 4.79 Å². The van der Waals surface area contributed by atoms with Gasteiger partial charge in [0.05, 0.1) is 38.2 Å². The first-order valence-electron chi connectivity index (χ1n) is 9.92. The van der Waals surface area contributed by atoms with Gasteiger partial charge in [-0.15, -0.1) is 0 Å². The Morgan fingerprint density at radius 2 is 1.39 bits per heavy atom. The summed E-state index contributed by atoms with van der Waals surface area (Å²) in [6.45, 7) is 4.77. The first kappa shape index (κ1) is 24.9. The van der Waals surface area contributed by atoms with Crippen LogP contribution in [0.15, 0.2) is 60.7 Å². The molecule has 1 heterocycles. The fourth-order valence-electron chi connectivity index (χ4n) is 3.01. The molecule has 3 rings (SSSR count). The van der Waals surface area contributed by atoms with Gasteiger partial charge in [0.15, 0.2) is 0 Å². The highest BCUT2D eigenvalue weighted by atomic mass is 79.9. The van der Waals surface area contributed by atoms with Crippen molar-refractivity contribution in [2.45, 2.75) is 30.4 Å². The number of halogens is 1. The Kier molecular flexibility index (Phi) is 9.55. The average Bonchev–Trinajstić information content (AvgIpc) is 3.06. The third-order valence-electron chi connectivity index (χ3n) is 4.96. The van der Waals surface area contributed by atoms with E-state index >= 15 is 0 Å². The maximum atomic E-state index is 10.6. The Labute approximate surface area is 191 Å². The molecule has 168 valence electrons. The SMILES string of the molecule is COc1ccc(C(C)C(=O)O)cc1.COc1ccc(C2(C(C)Br)OCC=CCO2)cc1. The first-order chi connectivity index (χ1) is 14.8. The molecule has 0 amide bonds. The lowest BCUT2D eigenvalue weighted by atomic mass is 10.0. The lowest BCUT2D eigenvalue weighted by Gasteiger charge is -2.35. The van der Waals surface area contributed by atoms with E-state index in [-0.39, 0.29) is 4.83 Å². The number of ether oxygens (including phenoxy) is 4. The normalized spacial score (nSPS) is 16.8. The third-order valence-corrected chi connectivity index (χ3v) is 5.56. The fourth-order valence-corrected chi connectivity index (χ4v) is 3.53. The zero-order valence-electron chi connectivity index (χ0n) is 18.2. The molecular weight excluding hydrogens is 464 g/mol. The molecule has 0 spiro atoms. The lowest BCUT2D eigenvalue weighted by molar-refractivity contribution is -0.228. The standard InChI is InChI=1S/C14H17BrO3.C10H12O3/c1-11(15)14(17-9-3-4-10-18-14)12-5-7-13(16-2)8-6-12;1-7(10(11)12)8-3-5-9(13-2)6-4-8/h3-8,11H,9-10H2,1-2H3;3-7H,1-2H3,(H,11,12). The maximum Gasteiger partial charge on any atom is 0.310 e. The van der Waals surface area contributed by atoms with Gasteiger partial charge in [0.25, 0.3) is 0 Å². The molecule has 0 bridgehead atoms. The number of methoxy groups -OCH3 is 2. The predicted molar refractivity (Wildman–Crippen MR) is 123 cm³/mol. The van der Waals surface area contributed by atoms with Gasteiger partial charge in [0.1, 0.15) is 11.5 Å². The number of aliphatic carboxylic acids is 1. The molecule has 7 heteroatoms. The van der Waals surface area contributed by atoms with Gasteiger partial charge >= 0.3 is 5.97 Å². The van der Waals surface area contributed by atoms with Gasteiger partial charge < -0.3 is 24.1 Å². The molecule has 31 heavy (non-hydrogen) atoms. The van der Waals surface area contributed by atoms with Crippen LogP contribution >= 0.6 is 15.9 Å². The molecule has 2 atom stereocenters. The molecule has 0 aliphatic carbocycles. The Morgan fingerprint density at radius 1 is 0.935 bits per heavy atom. The van der Waals surface area contributed by atoms with Gasteiger partial charge in [-0.2, -0.15) is 0 Å². The highest BCUT2D eigenvalue weighted by Crippen LogP contribution is 2.37. The van der Waals surface area contributed by atoms with Gasteiger partial charge in [0.2, 0.25) is 5.79 Å². The molecule has 1 aliphatic heterocycles. The summed E-state index contributed by atoms with van der Waals surface area (Å²) in [5, 5.41) is 8.73. The molecule has 2 aromatic rings. The number of carboxylic acids is 1. The van der Waals surface area contributed by atoms with Crippen molar-refractivity contribution in [3.05, 3.63) is 71.8 Å². The molecule has 0 saturated heterocycles. The zero-order chi connectivity index (χ0) is 22.9. The van der Waals surface area contributed by atoms with Crippen LogP contribution in [0, 0.1) is 0 Å². The van der Waals surface area contributed by atoms with Gasteiger partial charge in [0, 0.05) is 5.56 Å². The van der Waals surface area contributed by atoms with Crippen LogP contribution in [-0.2, 0) is 20.1 Å². The van der Waals surface area contributed by atoms with E-state index in [2.05, 4.69) is 15.9 Å². The second-order valence-corrected chi connectivity index (χ2v) is 8.31. The number of alkyl halides is 1. The van der Waals surface area contributed by atoms with Crippen LogP contribution in [0.1, 0.15) is 30.9 Å². The largest absolute Gasteiger partial charge is 0.497 e. The van der Waals surface area contributed by atoms with Crippen LogP contribution in [-0.4, -0.2) is 43.3 Å². The molecule has 0 aromatic heterocycles. The summed E-state index contributed by atoms with van der Waals surface area (Å²) in [7, 11) is 3.23. The number of carbonyl (C=O) groups is 1. The lowest BCUT2D eigenvalue weighted by Crippen LogP contribution is -2.40. The fraction of sp³-hybridized carbons (Fsp3) is 0.375. The average molecular weight is 493 g/mol. The molecule has 1 aliphatic rings. The highest BCUT2D eigenvalue weighted by molar-refractivity contribution is 9.09. The number of benzene rings is 2. The number of hydrogen-bond acceptors (Lipinski definition) is 5. The molecule has 6 nitrogen and oxygen atoms in total. The third kappa shape index (κ3) is 6.56. The van der Waals surface area contributed by atoms with E-state index in [1.54, 1.807) is 45.4 Å². The highest BCUT2D eigenvalue weighted by Gasteiger charge is 2.39. The molecule has 0 radical (unpaired) electrons. The zero-order valence-corrected chi connectivity index (χ0v) is 19.8. The van der Waals surface area contributed by atoms with Crippen LogP contribution in [0.25, 0.3) is 0 Å². The van der Waals surface area contributed by atoms with E-state index in [1.165, 1.54) is 0 Å². The van der Waals surface area contributed by atoms with E-state index in [9.17, 15) is 4.79 Å². The quantitative estimate of drug-likeness (QED) is 0.445. The summed E-state index contributed by atoms with van der Waals surface area (Å²) in [5.41, 5.74) is 1.77. The molecule has 0 saturated carbocycles. The van der Waals surface area contributed by atoms with Gasteiger partial charge in [-0.25, -0.2) is 0 Å². The van der Waals surface area contributed by atoms with Crippen molar-refractivity contribution >= 4 is 21.9 Å². The van der Waals surface area contributed by atoms with Crippen LogP contribution in [0.5, 0.6) is 11.5 Å². The van der Waals surface area contributed by atoms with Crippen molar-refractivity contribution in [2.24, 2.45) is 0 Å². The van der Waals surface area contributed by atoms with E-state index in [4.69, 9.17) is 24.1 Å². The van der Waals surface area contributed by atoms with E-state index in [0.29, 0.717) is 13.2 Å². The Hall–Kier alpha value is -2.35. The Morgan fingerprint density at radius 3 is 1.77 bits per heavy atom. The predicted octanol–water partition coefficient (Wildman–Crippen LogP) is 5.12. The monoisotopic (exact) mass is 492 g/mol. The van der Waals surface area contributed by atoms with Crippen molar-refractivity contribution in [1.82, 2.24) is 0 Å². The summed E-state index contributed by atoms with van der Waals surface area (Å²) in [4.78, 5) is 10.7. The summed E-state index contributed by atoms with van der Waals surface area (Å²) < 4.78 is 22.0. The van der Waals surface area contributed by atoms with Crippen molar-refractivity contribution in [3.63, 3.8) is 0 Å². The maximum absolute atomic E-state index is 10.6. The number of rotatable bonds is 6. The van der Waals surface area contributed by atoms with E-state index < -0.39 is 17.7 Å². The molecule has 1 N–H and O–H groups in total. The van der Waals surface area contributed by atoms with Crippen LogP contribution in [0.4, 0.5) is 0 Å². The van der Waals surface area contributed by atoms with Gasteiger partial charge in [-0.1, -0.05) is 40.2 Å². The first-order valence-corrected chi connectivity index (χ1v) is 10.8. The summed E-state index contributed by atoms with van der Waals surface area (Å²) in [6, 6.07) is 14.8. The van der Waals surface area contributed by atoms with Crippen molar-refractivity contribution in [1.29, 1.82) is 0 Å². The Balaban J connectivity index is 0.000000233. The summed E-state index contributed by atoms with van der Waals surface area (Å²) in [5.74, 6) is -0.476. The summed E-state index contributed by atoms with van der Waals surface area (Å²) >= 11 is 3.59. The molecule has 0 fully saturated rings. The van der Waals surface area contributed by atoms with Crippen LogP contribution < -0.4 is 9.47 Å². The van der Waals surface area contributed by atoms with E-state index in [0.717, 1.165) is 22.6 Å². The smallest absolute Gasteiger partial charge is 0.310 e. The minimum Gasteiger partial charge on any atom is -0.497 e. The second kappa shape index (κ2) is 11.9. The number of hydrogen-bond donors (Lipinski definition) is 1. The molecule has 2 unspecified atom stereocenters. The Bertz CT molecular complexity index is 835.